The van der Waals surface area contributed by atoms with Crippen LogP contribution >= 0.6 is 0 Å². The number of nitrogens with zero attached hydrogens (tertiary/aromatic N) is 2. The molecule has 0 saturated heterocycles. The highest BCUT2D eigenvalue weighted by Crippen LogP contribution is 2.22. The molecule has 96 valence electrons. The predicted molar refractivity (Wildman–Crippen MR) is 70.5 cm³/mol. The van der Waals surface area contributed by atoms with Crippen LogP contribution in [0.3, 0.4) is 0 Å². The van der Waals surface area contributed by atoms with Crippen LogP contribution < -0.4 is 10.6 Å². The summed E-state index contributed by atoms with van der Waals surface area (Å²) < 4.78 is 0. The number of nitriles is 1. The van der Waals surface area contributed by atoms with E-state index < -0.39 is 5.97 Å². The standard InChI is InChI=1S/C13H17N3O2/c1-16(8-4-2-3-7-14)12-6-5-10(15)9-11(12)13(17)18/h5-6,9H,2-4,8,15H2,1H3,(H,17,18). The molecule has 0 radical (unpaired) electrons. The Balaban J connectivity index is 2.76. The van der Waals surface area contributed by atoms with Crippen LogP contribution in [0.4, 0.5) is 11.4 Å². The van der Waals surface area contributed by atoms with Gasteiger partial charge in [0.1, 0.15) is 0 Å². The minimum atomic E-state index is -0.985. The van der Waals surface area contributed by atoms with Crippen LogP contribution in [0.25, 0.3) is 0 Å². The molecule has 0 spiro atoms. The first-order chi connectivity index (χ1) is 8.56. The number of unbranched alkanes of at least 4 members (excludes halogenated alkanes) is 2. The SMILES string of the molecule is CN(CCCCC#N)c1ccc(N)cc1C(=O)O. The van der Waals surface area contributed by atoms with Crippen LogP contribution in [0, 0.1) is 11.3 Å². The normalized spacial score (nSPS) is 9.78. The van der Waals surface area contributed by atoms with E-state index in [0.717, 1.165) is 12.8 Å². The lowest BCUT2D eigenvalue weighted by atomic mass is 10.1. The number of rotatable bonds is 6. The fraction of sp³-hybridized carbons (Fsp3) is 0.385. The van der Waals surface area contributed by atoms with Crippen molar-refractivity contribution in [1.82, 2.24) is 0 Å². The van der Waals surface area contributed by atoms with Gasteiger partial charge in [0.05, 0.1) is 17.3 Å². The van der Waals surface area contributed by atoms with Gasteiger partial charge >= 0.3 is 5.97 Å². The van der Waals surface area contributed by atoms with Crippen molar-refractivity contribution < 1.29 is 9.90 Å². The van der Waals surface area contributed by atoms with E-state index in [2.05, 4.69) is 6.07 Å². The van der Waals surface area contributed by atoms with Gasteiger partial charge in [0, 0.05) is 25.7 Å². The first-order valence-electron chi connectivity index (χ1n) is 5.77. The molecule has 0 heterocycles. The van der Waals surface area contributed by atoms with Crippen molar-refractivity contribution in [3.63, 3.8) is 0 Å². The van der Waals surface area contributed by atoms with Crippen LogP contribution in [0.1, 0.15) is 29.6 Å². The average Bonchev–Trinajstić information content (AvgIpc) is 2.34. The molecule has 1 aromatic rings. The second-order valence-corrected chi connectivity index (χ2v) is 4.12. The minimum Gasteiger partial charge on any atom is -0.478 e. The summed E-state index contributed by atoms with van der Waals surface area (Å²) in [6.45, 7) is 0.714. The fourth-order valence-electron chi connectivity index (χ4n) is 1.73. The van der Waals surface area contributed by atoms with Gasteiger partial charge in [0.15, 0.2) is 0 Å². The minimum absolute atomic E-state index is 0.206. The number of carbonyl (C=O) groups is 1. The summed E-state index contributed by atoms with van der Waals surface area (Å²) in [5.74, 6) is -0.985. The molecule has 0 aromatic heterocycles. The van der Waals surface area contributed by atoms with Crippen molar-refractivity contribution in [2.24, 2.45) is 0 Å². The van der Waals surface area contributed by atoms with Crippen molar-refractivity contribution >= 4 is 17.3 Å². The van der Waals surface area contributed by atoms with Gasteiger partial charge < -0.3 is 15.7 Å². The van der Waals surface area contributed by atoms with Crippen LogP contribution in [0.2, 0.25) is 0 Å². The molecule has 5 nitrogen and oxygen atoms in total. The van der Waals surface area contributed by atoms with Gasteiger partial charge in [0.25, 0.3) is 0 Å². The number of carboxylic acids is 1. The average molecular weight is 247 g/mol. The van der Waals surface area contributed by atoms with Crippen molar-refractivity contribution in [3.05, 3.63) is 23.8 Å². The first-order valence-corrected chi connectivity index (χ1v) is 5.77. The van der Waals surface area contributed by atoms with E-state index >= 15 is 0 Å². The van der Waals surface area contributed by atoms with E-state index in [9.17, 15) is 4.79 Å². The summed E-state index contributed by atoms with van der Waals surface area (Å²) in [6, 6.07) is 6.95. The zero-order valence-electron chi connectivity index (χ0n) is 10.4. The smallest absolute Gasteiger partial charge is 0.337 e. The number of aromatic carboxylic acids is 1. The topological polar surface area (TPSA) is 90.4 Å². The molecule has 0 aliphatic heterocycles. The number of carboxylic acid groups (broad SMARTS) is 1. The monoisotopic (exact) mass is 247 g/mol. The highest BCUT2D eigenvalue weighted by atomic mass is 16.4. The molecule has 0 aliphatic carbocycles. The maximum absolute atomic E-state index is 11.1. The molecule has 0 saturated carbocycles. The van der Waals surface area contributed by atoms with Gasteiger partial charge in [-0.15, -0.1) is 0 Å². The number of nitrogens with two attached hydrogens (primary N) is 1. The Labute approximate surface area is 106 Å². The van der Waals surface area contributed by atoms with Crippen molar-refractivity contribution in [2.45, 2.75) is 19.3 Å². The third-order valence-electron chi connectivity index (χ3n) is 2.69. The van der Waals surface area contributed by atoms with Crippen molar-refractivity contribution in [2.75, 3.05) is 24.2 Å². The lowest BCUT2D eigenvalue weighted by Gasteiger charge is -2.21. The highest BCUT2D eigenvalue weighted by Gasteiger charge is 2.13. The molecule has 1 rings (SSSR count). The van der Waals surface area contributed by atoms with Gasteiger partial charge in [-0.3, -0.25) is 0 Å². The van der Waals surface area contributed by atoms with E-state index in [-0.39, 0.29) is 5.56 Å². The molecular formula is C13H17N3O2. The molecule has 3 N–H and O–H groups in total. The number of anilines is 2. The lowest BCUT2D eigenvalue weighted by molar-refractivity contribution is 0.0697. The van der Waals surface area contributed by atoms with Gasteiger partial charge in [-0.05, 0) is 31.0 Å². The second kappa shape index (κ2) is 6.50. The van der Waals surface area contributed by atoms with Crippen LogP contribution in [-0.2, 0) is 0 Å². The Morgan fingerprint density at radius 2 is 2.22 bits per heavy atom. The van der Waals surface area contributed by atoms with E-state index in [0.29, 0.717) is 24.3 Å². The number of hydrogen-bond acceptors (Lipinski definition) is 4. The lowest BCUT2D eigenvalue weighted by Crippen LogP contribution is -2.21. The van der Waals surface area contributed by atoms with Crippen molar-refractivity contribution in [3.8, 4) is 6.07 Å². The molecule has 0 atom stereocenters. The van der Waals surface area contributed by atoms with Gasteiger partial charge in [0.2, 0.25) is 0 Å². The van der Waals surface area contributed by atoms with Gasteiger partial charge in [-0.25, -0.2) is 4.79 Å². The third kappa shape index (κ3) is 3.67. The number of benzene rings is 1. The van der Waals surface area contributed by atoms with E-state index in [1.165, 1.54) is 6.07 Å². The first kappa shape index (κ1) is 13.8. The zero-order valence-corrected chi connectivity index (χ0v) is 10.4. The summed E-state index contributed by atoms with van der Waals surface area (Å²) in [4.78, 5) is 13.0. The highest BCUT2D eigenvalue weighted by molar-refractivity contribution is 5.95. The number of nitrogen functional groups attached to an aromatic ring is 1. The Morgan fingerprint density at radius 1 is 1.50 bits per heavy atom. The van der Waals surface area contributed by atoms with E-state index in [1.54, 1.807) is 12.1 Å². The van der Waals surface area contributed by atoms with Crippen LogP contribution in [0.15, 0.2) is 18.2 Å². The second-order valence-electron chi connectivity index (χ2n) is 4.12. The van der Waals surface area contributed by atoms with Crippen LogP contribution in [0.5, 0.6) is 0 Å². The summed E-state index contributed by atoms with van der Waals surface area (Å²) in [6.07, 6.45) is 2.20. The maximum Gasteiger partial charge on any atom is 0.337 e. The van der Waals surface area contributed by atoms with E-state index in [1.807, 2.05) is 11.9 Å². The molecule has 0 fully saturated rings. The quantitative estimate of drug-likeness (QED) is 0.593. The number of hydrogen-bond donors (Lipinski definition) is 2. The largest absolute Gasteiger partial charge is 0.478 e. The van der Waals surface area contributed by atoms with Gasteiger partial charge in [-0.2, -0.15) is 5.26 Å². The third-order valence-corrected chi connectivity index (χ3v) is 2.69. The molecule has 0 bridgehead atoms. The van der Waals surface area contributed by atoms with Crippen LogP contribution in [-0.4, -0.2) is 24.7 Å². The Morgan fingerprint density at radius 3 is 2.83 bits per heavy atom. The summed E-state index contributed by atoms with van der Waals surface area (Å²) >= 11 is 0. The van der Waals surface area contributed by atoms with E-state index in [4.69, 9.17) is 16.1 Å². The Kier molecular flexibility index (Phi) is 5.00. The maximum atomic E-state index is 11.1. The summed E-state index contributed by atoms with van der Waals surface area (Å²) in [5, 5.41) is 17.6. The van der Waals surface area contributed by atoms with Crippen molar-refractivity contribution in [1.29, 1.82) is 5.26 Å². The molecule has 18 heavy (non-hydrogen) atoms. The molecule has 0 amide bonds. The summed E-state index contributed by atoms with van der Waals surface area (Å²) in [7, 11) is 1.84. The Hall–Kier alpha value is -2.22. The molecule has 0 aliphatic rings. The molecule has 5 heteroatoms. The Bertz CT molecular complexity index is 466. The summed E-state index contributed by atoms with van der Waals surface area (Å²) in [5.41, 5.74) is 6.88. The fourth-order valence-corrected chi connectivity index (χ4v) is 1.73. The zero-order chi connectivity index (χ0) is 13.5. The van der Waals surface area contributed by atoms with Gasteiger partial charge in [-0.1, -0.05) is 0 Å². The predicted octanol–water partition coefficient (Wildman–Crippen LogP) is 2.10. The molecular weight excluding hydrogens is 230 g/mol. The molecule has 0 unspecified atom stereocenters. The molecule has 1 aromatic carbocycles.